The van der Waals surface area contributed by atoms with E-state index in [1.165, 1.54) is 0 Å². The van der Waals surface area contributed by atoms with E-state index in [4.69, 9.17) is 16.3 Å². The first-order valence-corrected chi connectivity index (χ1v) is 10.2. The van der Waals surface area contributed by atoms with E-state index in [-0.39, 0.29) is 0 Å². The molecule has 3 aromatic carbocycles. The van der Waals surface area contributed by atoms with Crippen LogP contribution in [-0.4, -0.2) is 6.21 Å². The molecule has 0 atom stereocenters. The normalized spacial score (nSPS) is 10.9. The minimum Gasteiger partial charge on any atom is -0.487 e. The minimum absolute atomic E-state index is 0.505. The molecule has 0 aromatic heterocycles. The van der Waals surface area contributed by atoms with Crippen molar-refractivity contribution in [1.29, 1.82) is 0 Å². The summed E-state index contributed by atoms with van der Waals surface area (Å²) in [7, 11) is 0. The van der Waals surface area contributed by atoms with Gasteiger partial charge in [-0.25, -0.2) is 0 Å². The van der Waals surface area contributed by atoms with Crippen LogP contribution in [0.3, 0.4) is 0 Å². The summed E-state index contributed by atoms with van der Waals surface area (Å²) in [6.07, 6.45) is 1.76. The van der Waals surface area contributed by atoms with Gasteiger partial charge in [0.05, 0.1) is 21.7 Å². The number of hydrogen-bond donors (Lipinski definition) is 1. The number of ether oxygens (including phenoxy) is 1. The lowest BCUT2D eigenvalue weighted by Gasteiger charge is -2.11. The number of rotatable bonds is 7. The Morgan fingerprint density at radius 1 is 0.963 bits per heavy atom. The van der Waals surface area contributed by atoms with E-state index in [2.05, 4.69) is 42.4 Å². The van der Waals surface area contributed by atoms with Crippen LogP contribution >= 0.6 is 43.5 Å². The Bertz CT molecular complexity index is 909. The highest BCUT2D eigenvalue weighted by atomic mass is 79.9. The lowest BCUT2D eigenvalue weighted by Crippen LogP contribution is -2.06. The van der Waals surface area contributed by atoms with Crippen molar-refractivity contribution in [1.82, 2.24) is 5.43 Å². The molecule has 3 aromatic rings. The highest BCUT2D eigenvalue weighted by Crippen LogP contribution is 2.35. The van der Waals surface area contributed by atoms with Crippen molar-refractivity contribution >= 4 is 49.7 Å². The summed E-state index contributed by atoms with van der Waals surface area (Å²) < 4.78 is 7.66. The third kappa shape index (κ3) is 5.83. The molecule has 3 nitrogen and oxygen atoms in total. The predicted octanol–water partition coefficient (Wildman–Crippen LogP) is 6.57. The molecule has 0 aliphatic carbocycles. The molecule has 0 heterocycles. The maximum absolute atomic E-state index is 6.13. The van der Waals surface area contributed by atoms with Gasteiger partial charge in [0, 0.05) is 5.02 Å². The summed E-state index contributed by atoms with van der Waals surface area (Å²) in [5.74, 6) is 0.764. The second kappa shape index (κ2) is 9.93. The number of halogens is 3. The van der Waals surface area contributed by atoms with E-state index >= 15 is 0 Å². The molecule has 27 heavy (non-hydrogen) atoms. The monoisotopic (exact) mass is 506 g/mol. The first-order valence-electron chi connectivity index (χ1n) is 8.28. The summed E-state index contributed by atoms with van der Waals surface area (Å²) in [6, 6.07) is 21.7. The van der Waals surface area contributed by atoms with Crippen LogP contribution in [0.15, 0.2) is 80.8 Å². The zero-order valence-corrected chi connectivity index (χ0v) is 18.3. The molecule has 0 bridgehead atoms. The molecule has 6 heteroatoms. The molecule has 3 rings (SSSR count). The Morgan fingerprint density at radius 2 is 1.63 bits per heavy atom. The summed E-state index contributed by atoms with van der Waals surface area (Å²) >= 11 is 13.3. The fourth-order valence-corrected chi connectivity index (χ4v) is 4.07. The Morgan fingerprint density at radius 3 is 2.33 bits per heavy atom. The van der Waals surface area contributed by atoms with Crippen LogP contribution < -0.4 is 10.2 Å². The average molecular weight is 509 g/mol. The Balaban J connectivity index is 1.61. The van der Waals surface area contributed by atoms with Crippen LogP contribution in [0.2, 0.25) is 5.02 Å². The molecule has 0 amide bonds. The fourth-order valence-electron chi connectivity index (χ4n) is 2.41. The molecule has 1 N–H and O–H groups in total. The standard InChI is InChI=1S/C21H17Br2ClN2O/c22-18-10-16(12-25-26-13-17-8-4-5-9-20(17)24)11-19(23)21(18)27-14-15-6-2-1-3-7-15/h1-12,26H,13-14H2/b25-12-. The van der Waals surface area contributed by atoms with E-state index in [9.17, 15) is 0 Å². The quantitative estimate of drug-likeness (QED) is 0.289. The Labute approximate surface area is 180 Å². The van der Waals surface area contributed by atoms with Gasteiger partial charge in [-0.1, -0.05) is 60.1 Å². The smallest absolute Gasteiger partial charge is 0.148 e. The topological polar surface area (TPSA) is 33.6 Å². The van der Waals surface area contributed by atoms with Crippen LogP contribution in [0, 0.1) is 0 Å². The molecule has 0 aliphatic rings. The maximum Gasteiger partial charge on any atom is 0.148 e. The number of benzene rings is 3. The van der Waals surface area contributed by atoms with Gasteiger partial charge >= 0.3 is 0 Å². The Hall–Kier alpha value is -1.82. The van der Waals surface area contributed by atoms with Crippen molar-refractivity contribution in [3.05, 3.63) is 97.4 Å². The zero-order valence-electron chi connectivity index (χ0n) is 14.3. The van der Waals surface area contributed by atoms with Gasteiger partial charge in [0.25, 0.3) is 0 Å². The van der Waals surface area contributed by atoms with Gasteiger partial charge in [0.1, 0.15) is 12.4 Å². The van der Waals surface area contributed by atoms with Crippen molar-refractivity contribution < 1.29 is 4.74 Å². The third-order valence-corrected chi connectivity index (χ3v) is 5.33. The van der Waals surface area contributed by atoms with Gasteiger partial charge in [-0.3, -0.25) is 0 Å². The maximum atomic E-state index is 6.13. The van der Waals surface area contributed by atoms with Crippen LogP contribution in [0.5, 0.6) is 5.75 Å². The summed E-state index contributed by atoms with van der Waals surface area (Å²) in [5, 5.41) is 4.99. The van der Waals surface area contributed by atoms with Gasteiger partial charge < -0.3 is 10.2 Å². The lowest BCUT2D eigenvalue weighted by atomic mass is 10.2. The number of hydrazone groups is 1. The van der Waals surface area contributed by atoms with E-state index in [1.54, 1.807) is 6.21 Å². The largest absolute Gasteiger partial charge is 0.487 e. The van der Waals surface area contributed by atoms with Crippen LogP contribution in [-0.2, 0) is 13.2 Å². The molecule has 138 valence electrons. The van der Waals surface area contributed by atoms with E-state index < -0.39 is 0 Å². The second-order valence-corrected chi connectivity index (χ2v) is 7.89. The number of hydrogen-bond acceptors (Lipinski definition) is 3. The first-order chi connectivity index (χ1) is 13.1. The second-order valence-electron chi connectivity index (χ2n) is 5.77. The van der Waals surface area contributed by atoms with Crippen molar-refractivity contribution in [3.8, 4) is 5.75 Å². The molecular weight excluding hydrogens is 492 g/mol. The van der Waals surface area contributed by atoms with Crippen molar-refractivity contribution in [2.45, 2.75) is 13.2 Å². The van der Waals surface area contributed by atoms with Crippen LogP contribution in [0.25, 0.3) is 0 Å². The van der Waals surface area contributed by atoms with Crippen LogP contribution in [0.1, 0.15) is 16.7 Å². The third-order valence-electron chi connectivity index (χ3n) is 3.78. The van der Waals surface area contributed by atoms with Crippen molar-refractivity contribution in [3.63, 3.8) is 0 Å². The highest BCUT2D eigenvalue weighted by Gasteiger charge is 2.09. The molecule has 0 spiro atoms. The van der Waals surface area contributed by atoms with Gasteiger partial charge in [-0.2, -0.15) is 5.10 Å². The molecule has 0 aliphatic heterocycles. The highest BCUT2D eigenvalue weighted by molar-refractivity contribution is 9.11. The molecule has 0 unspecified atom stereocenters. The number of nitrogens with one attached hydrogen (secondary N) is 1. The SMILES string of the molecule is Clc1ccccc1CN/N=C\c1cc(Br)c(OCc2ccccc2)c(Br)c1. The summed E-state index contributed by atoms with van der Waals surface area (Å²) in [6.45, 7) is 1.07. The van der Waals surface area contributed by atoms with E-state index in [1.807, 2.05) is 66.7 Å². The van der Waals surface area contributed by atoms with Crippen molar-refractivity contribution in [2.75, 3.05) is 0 Å². The predicted molar refractivity (Wildman–Crippen MR) is 119 cm³/mol. The minimum atomic E-state index is 0.505. The van der Waals surface area contributed by atoms with Crippen LogP contribution in [0.4, 0.5) is 0 Å². The fraction of sp³-hybridized carbons (Fsp3) is 0.0952. The lowest BCUT2D eigenvalue weighted by molar-refractivity contribution is 0.302. The Kier molecular flexibility index (Phi) is 7.33. The average Bonchev–Trinajstić information content (AvgIpc) is 2.67. The molecule has 0 saturated heterocycles. The van der Waals surface area contributed by atoms with Gasteiger partial charge in [-0.05, 0) is 66.7 Å². The molecule has 0 saturated carbocycles. The first kappa shape index (κ1) is 19.9. The summed E-state index contributed by atoms with van der Waals surface area (Å²) in [5.41, 5.74) is 6.07. The van der Waals surface area contributed by atoms with Crippen molar-refractivity contribution in [2.24, 2.45) is 5.10 Å². The zero-order chi connectivity index (χ0) is 19.1. The van der Waals surface area contributed by atoms with Gasteiger partial charge in [-0.15, -0.1) is 0 Å². The van der Waals surface area contributed by atoms with E-state index in [0.717, 1.165) is 36.4 Å². The molecule has 0 fully saturated rings. The molecular formula is C21H17Br2ClN2O. The summed E-state index contributed by atoms with van der Waals surface area (Å²) in [4.78, 5) is 0. The van der Waals surface area contributed by atoms with Gasteiger partial charge in [0.2, 0.25) is 0 Å². The molecule has 0 radical (unpaired) electrons. The number of nitrogens with zero attached hydrogens (tertiary/aromatic N) is 1. The van der Waals surface area contributed by atoms with E-state index in [0.29, 0.717) is 13.2 Å². The van der Waals surface area contributed by atoms with Gasteiger partial charge in [0.15, 0.2) is 0 Å².